The molecule has 116 valence electrons. The van der Waals surface area contributed by atoms with Crippen LogP contribution in [0.25, 0.3) is 0 Å². The van der Waals surface area contributed by atoms with Crippen LogP contribution in [-0.4, -0.2) is 32.2 Å². The minimum atomic E-state index is -0.127. The molecular formula is C15H22ClN3O2. The number of nitrogens with one attached hydrogen (secondary N) is 3. The van der Waals surface area contributed by atoms with Crippen molar-refractivity contribution in [2.45, 2.75) is 19.4 Å². The first kappa shape index (κ1) is 16.2. The lowest BCUT2D eigenvalue weighted by atomic mass is 9.94. The van der Waals surface area contributed by atoms with E-state index in [0.29, 0.717) is 31.3 Å². The summed E-state index contributed by atoms with van der Waals surface area (Å²) < 4.78 is 5.25. The third kappa shape index (κ3) is 4.68. The van der Waals surface area contributed by atoms with E-state index in [0.717, 1.165) is 12.0 Å². The van der Waals surface area contributed by atoms with Crippen molar-refractivity contribution in [3.05, 3.63) is 34.9 Å². The molecule has 3 N–H and O–H groups in total. The zero-order chi connectivity index (χ0) is 15.1. The number of amides is 1. The summed E-state index contributed by atoms with van der Waals surface area (Å²) in [4.78, 5) is 12.3. The summed E-state index contributed by atoms with van der Waals surface area (Å²) in [6.45, 7) is 4.61. The number of hydrazine groups is 1. The highest BCUT2D eigenvalue weighted by Gasteiger charge is 2.33. The Morgan fingerprint density at radius 1 is 1.43 bits per heavy atom. The monoisotopic (exact) mass is 311 g/mol. The van der Waals surface area contributed by atoms with Crippen LogP contribution >= 0.6 is 11.6 Å². The average molecular weight is 312 g/mol. The molecule has 6 heteroatoms. The van der Waals surface area contributed by atoms with Crippen LogP contribution in [0.3, 0.4) is 0 Å². The Hall–Kier alpha value is -1.14. The van der Waals surface area contributed by atoms with Crippen LogP contribution in [0.4, 0.5) is 0 Å². The van der Waals surface area contributed by atoms with Gasteiger partial charge in [-0.3, -0.25) is 10.2 Å². The Morgan fingerprint density at radius 3 is 2.90 bits per heavy atom. The van der Waals surface area contributed by atoms with Gasteiger partial charge in [-0.1, -0.05) is 23.7 Å². The second kappa shape index (κ2) is 8.34. The minimum absolute atomic E-state index is 0.0332. The normalized spacial score (nSPS) is 21.4. The van der Waals surface area contributed by atoms with E-state index in [9.17, 15) is 4.79 Å². The van der Waals surface area contributed by atoms with Crippen LogP contribution in [0.5, 0.6) is 0 Å². The summed E-state index contributed by atoms with van der Waals surface area (Å²) >= 11 is 5.90. The molecule has 2 unspecified atom stereocenters. The van der Waals surface area contributed by atoms with Crippen molar-refractivity contribution in [1.29, 1.82) is 0 Å². The molecule has 0 aromatic heterocycles. The number of carbonyl (C=O) groups excluding carboxylic acids is 1. The highest BCUT2D eigenvalue weighted by atomic mass is 35.5. The van der Waals surface area contributed by atoms with E-state index in [1.807, 2.05) is 31.2 Å². The largest absolute Gasteiger partial charge is 0.382 e. The number of ether oxygens (including phenoxy) is 1. The third-order valence-corrected chi connectivity index (χ3v) is 3.77. The fourth-order valence-electron chi connectivity index (χ4n) is 2.39. The lowest BCUT2D eigenvalue weighted by Crippen LogP contribution is -2.35. The molecule has 1 aromatic carbocycles. The summed E-state index contributed by atoms with van der Waals surface area (Å²) in [5.74, 6) is -0.0674. The minimum Gasteiger partial charge on any atom is -0.382 e. The van der Waals surface area contributed by atoms with Crippen LogP contribution < -0.4 is 16.2 Å². The number of hydrogen-bond donors (Lipinski definition) is 3. The van der Waals surface area contributed by atoms with Gasteiger partial charge >= 0.3 is 0 Å². The van der Waals surface area contributed by atoms with Gasteiger partial charge in [-0.25, -0.2) is 5.43 Å². The zero-order valence-corrected chi connectivity index (χ0v) is 13.0. The fourth-order valence-corrected chi connectivity index (χ4v) is 2.51. The van der Waals surface area contributed by atoms with Crippen molar-refractivity contribution in [3.63, 3.8) is 0 Å². The first-order valence-electron chi connectivity index (χ1n) is 7.31. The zero-order valence-electron chi connectivity index (χ0n) is 12.2. The van der Waals surface area contributed by atoms with Gasteiger partial charge in [0.25, 0.3) is 0 Å². The van der Waals surface area contributed by atoms with Crippen LogP contribution in [0.1, 0.15) is 24.9 Å². The maximum atomic E-state index is 12.3. The first-order chi connectivity index (χ1) is 10.2. The third-order valence-electron chi connectivity index (χ3n) is 3.52. The van der Waals surface area contributed by atoms with Crippen LogP contribution in [-0.2, 0) is 9.53 Å². The Kier molecular flexibility index (Phi) is 6.45. The van der Waals surface area contributed by atoms with Crippen LogP contribution in [0, 0.1) is 5.92 Å². The number of carbonyl (C=O) groups is 1. The van der Waals surface area contributed by atoms with Crippen molar-refractivity contribution in [2.24, 2.45) is 5.92 Å². The molecule has 21 heavy (non-hydrogen) atoms. The first-order valence-corrected chi connectivity index (χ1v) is 7.69. The maximum Gasteiger partial charge on any atom is 0.226 e. The van der Waals surface area contributed by atoms with E-state index in [2.05, 4.69) is 16.2 Å². The van der Waals surface area contributed by atoms with E-state index in [-0.39, 0.29) is 17.9 Å². The van der Waals surface area contributed by atoms with Gasteiger partial charge in [-0.15, -0.1) is 0 Å². The standard InChI is InChI=1S/C15H22ClN3O2/c1-2-21-9-3-8-17-15(20)13-10-18-19-14(13)11-4-6-12(16)7-5-11/h4-7,13-14,18-19H,2-3,8-10H2,1H3,(H,17,20). The fraction of sp³-hybridized carbons (Fsp3) is 0.533. The lowest BCUT2D eigenvalue weighted by molar-refractivity contribution is -0.124. The molecule has 1 saturated heterocycles. The smallest absolute Gasteiger partial charge is 0.226 e. The van der Waals surface area contributed by atoms with Crippen LogP contribution in [0.2, 0.25) is 5.02 Å². The van der Waals surface area contributed by atoms with Gasteiger partial charge in [0, 0.05) is 31.3 Å². The number of halogens is 1. The van der Waals surface area contributed by atoms with Gasteiger partial charge < -0.3 is 10.1 Å². The summed E-state index contributed by atoms with van der Waals surface area (Å²) in [5.41, 5.74) is 7.27. The molecule has 1 amide bonds. The number of rotatable bonds is 7. The molecule has 1 aromatic rings. The second-order valence-corrected chi connectivity index (χ2v) is 5.44. The summed E-state index contributed by atoms with van der Waals surface area (Å²) in [5, 5.41) is 3.67. The molecule has 2 rings (SSSR count). The van der Waals surface area contributed by atoms with E-state index >= 15 is 0 Å². The molecule has 0 bridgehead atoms. The van der Waals surface area contributed by atoms with Crippen molar-refractivity contribution in [3.8, 4) is 0 Å². The highest BCUT2D eigenvalue weighted by Crippen LogP contribution is 2.26. The molecule has 1 heterocycles. The van der Waals surface area contributed by atoms with Crippen molar-refractivity contribution in [2.75, 3.05) is 26.3 Å². The molecule has 0 aliphatic carbocycles. The van der Waals surface area contributed by atoms with E-state index in [4.69, 9.17) is 16.3 Å². The summed E-state index contributed by atoms with van der Waals surface area (Å²) in [6, 6.07) is 7.54. The van der Waals surface area contributed by atoms with E-state index < -0.39 is 0 Å². The van der Waals surface area contributed by atoms with Gasteiger partial charge in [-0.2, -0.15) is 0 Å². The Labute approximate surface area is 130 Å². The predicted octanol–water partition coefficient (Wildman–Crippen LogP) is 1.65. The number of hydrogen-bond acceptors (Lipinski definition) is 4. The van der Waals surface area contributed by atoms with Gasteiger partial charge in [0.05, 0.1) is 12.0 Å². The van der Waals surface area contributed by atoms with Crippen molar-refractivity contribution >= 4 is 17.5 Å². The Morgan fingerprint density at radius 2 is 2.19 bits per heavy atom. The molecule has 0 spiro atoms. The van der Waals surface area contributed by atoms with Gasteiger partial charge in [0.15, 0.2) is 0 Å². The molecular weight excluding hydrogens is 290 g/mol. The molecule has 0 saturated carbocycles. The topological polar surface area (TPSA) is 62.4 Å². The Balaban J connectivity index is 1.86. The van der Waals surface area contributed by atoms with Crippen molar-refractivity contribution < 1.29 is 9.53 Å². The van der Waals surface area contributed by atoms with Crippen LogP contribution in [0.15, 0.2) is 24.3 Å². The number of benzene rings is 1. The SMILES string of the molecule is CCOCCCNC(=O)C1CNNC1c1ccc(Cl)cc1. The van der Waals surface area contributed by atoms with Gasteiger partial charge in [0.2, 0.25) is 5.91 Å². The van der Waals surface area contributed by atoms with Gasteiger partial charge in [0.1, 0.15) is 0 Å². The summed E-state index contributed by atoms with van der Waals surface area (Å²) in [7, 11) is 0. The average Bonchev–Trinajstić information content (AvgIpc) is 2.97. The van der Waals surface area contributed by atoms with E-state index in [1.54, 1.807) is 0 Å². The molecule has 1 aliphatic heterocycles. The molecule has 0 radical (unpaired) electrons. The molecule has 1 aliphatic rings. The second-order valence-electron chi connectivity index (χ2n) is 5.00. The summed E-state index contributed by atoms with van der Waals surface area (Å²) in [6.07, 6.45) is 0.832. The van der Waals surface area contributed by atoms with Crippen molar-refractivity contribution in [1.82, 2.24) is 16.2 Å². The highest BCUT2D eigenvalue weighted by molar-refractivity contribution is 6.30. The molecule has 5 nitrogen and oxygen atoms in total. The lowest BCUT2D eigenvalue weighted by Gasteiger charge is -2.18. The molecule has 1 fully saturated rings. The van der Waals surface area contributed by atoms with Gasteiger partial charge in [-0.05, 0) is 31.0 Å². The maximum absolute atomic E-state index is 12.3. The Bertz CT molecular complexity index is 453. The molecule has 2 atom stereocenters. The predicted molar refractivity (Wildman–Crippen MR) is 82.9 cm³/mol. The van der Waals surface area contributed by atoms with E-state index in [1.165, 1.54) is 0 Å². The quantitative estimate of drug-likeness (QED) is 0.670.